The molecular weight excluding hydrogens is 243 g/mol. The summed E-state index contributed by atoms with van der Waals surface area (Å²) in [5, 5.41) is 4.12. The highest BCUT2D eigenvalue weighted by atomic mass is 19.1. The second-order valence-electron chi connectivity index (χ2n) is 4.32. The number of benzene rings is 1. The van der Waals surface area contributed by atoms with Gasteiger partial charge in [-0.1, -0.05) is 18.1 Å². The molecule has 0 atom stereocenters. The van der Waals surface area contributed by atoms with E-state index in [4.69, 9.17) is 0 Å². The van der Waals surface area contributed by atoms with Gasteiger partial charge in [0.25, 0.3) is 5.56 Å². The smallest absolute Gasteiger partial charge is 0.267 e. The summed E-state index contributed by atoms with van der Waals surface area (Å²) in [4.78, 5) is 11.5. The third-order valence-electron chi connectivity index (χ3n) is 2.51. The summed E-state index contributed by atoms with van der Waals surface area (Å²) in [6.45, 7) is 3.73. The van der Waals surface area contributed by atoms with Crippen LogP contribution in [0, 0.1) is 17.7 Å². The van der Waals surface area contributed by atoms with Crippen LogP contribution in [-0.2, 0) is 0 Å². The van der Waals surface area contributed by atoms with Crippen molar-refractivity contribution in [1.82, 2.24) is 9.78 Å². The average Bonchev–Trinajstić information content (AvgIpc) is 2.39. The Labute approximate surface area is 110 Å². The number of rotatable bonds is 1. The second-order valence-corrected chi connectivity index (χ2v) is 4.32. The number of hydrogen-bond donors (Lipinski definition) is 0. The van der Waals surface area contributed by atoms with Gasteiger partial charge < -0.3 is 0 Å². The standard InChI is InChI=1S/C15H13FN2O/c1-11(2)18-15(19)10-9-13(17-18)8-7-12-5-3-4-6-14(12)16/h3-6,9-11H,1-2H3. The molecule has 2 aromatic rings. The van der Waals surface area contributed by atoms with Crippen LogP contribution in [0.2, 0.25) is 0 Å². The number of hydrogen-bond acceptors (Lipinski definition) is 2. The maximum absolute atomic E-state index is 13.4. The van der Waals surface area contributed by atoms with E-state index < -0.39 is 0 Å². The molecule has 0 fully saturated rings. The lowest BCUT2D eigenvalue weighted by Gasteiger charge is -2.07. The highest BCUT2D eigenvalue weighted by Gasteiger charge is 2.02. The summed E-state index contributed by atoms with van der Waals surface area (Å²) in [6.07, 6.45) is 0. The minimum absolute atomic E-state index is 0.0392. The van der Waals surface area contributed by atoms with Gasteiger partial charge in [-0.15, -0.1) is 0 Å². The van der Waals surface area contributed by atoms with E-state index >= 15 is 0 Å². The van der Waals surface area contributed by atoms with Crippen LogP contribution in [0.5, 0.6) is 0 Å². The Kier molecular flexibility index (Phi) is 3.76. The molecule has 19 heavy (non-hydrogen) atoms. The Morgan fingerprint density at radius 2 is 1.89 bits per heavy atom. The van der Waals surface area contributed by atoms with E-state index in [9.17, 15) is 9.18 Å². The topological polar surface area (TPSA) is 34.9 Å². The van der Waals surface area contributed by atoms with Gasteiger partial charge in [0.1, 0.15) is 11.5 Å². The zero-order valence-electron chi connectivity index (χ0n) is 10.7. The van der Waals surface area contributed by atoms with Gasteiger partial charge in [0.05, 0.1) is 11.6 Å². The van der Waals surface area contributed by atoms with E-state index in [-0.39, 0.29) is 17.4 Å². The first kappa shape index (κ1) is 13.0. The predicted molar refractivity (Wildman–Crippen MR) is 71.3 cm³/mol. The molecule has 1 heterocycles. The van der Waals surface area contributed by atoms with Crippen molar-refractivity contribution in [3.8, 4) is 11.8 Å². The average molecular weight is 256 g/mol. The van der Waals surface area contributed by atoms with E-state index in [1.807, 2.05) is 13.8 Å². The van der Waals surface area contributed by atoms with Crippen molar-refractivity contribution in [3.05, 3.63) is 63.8 Å². The summed E-state index contributed by atoms with van der Waals surface area (Å²) in [7, 11) is 0. The van der Waals surface area contributed by atoms with Gasteiger partial charge >= 0.3 is 0 Å². The first-order valence-electron chi connectivity index (χ1n) is 5.94. The Hall–Kier alpha value is -2.41. The van der Waals surface area contributed by atoms with Crippen LogP contribution in [-0.4, -0.2) is 9.78 Å². The molecule has 96 valence electrons. The van der Waals surface area contributed by atoms with Crippen LogP contribution in [0.3, 0.4) is 0 Å². The molecule has 0 spiro atoms. The molecule has 0 saturated heterocycles. The Bertz CT molecular complexity index is 708. The number of nitrogens with zero attached hydrogens (tertiary/aromatic N) is 2. The van der Waals surface area contributed by atoms with Gasteiger partial charge in [0.2, 0.25) is 0 Å². The van der Waals surface area contributed by atoms with Crippen molar-refractivity contribution in [1.29, 1.82) is 0 Å². The first-order chi connectivity index (χ1) is 9.08. The fourth-order valence-electron chi connectivity index (χ4n) is 1.56. The van der Waals surface area contributed by atoms with Gasteiger partial charge in [0, 0.05) is 6.07 Å². The van der Waals surface area contributed by atoms with Gasteiger partial charge in [-0.3, -0.25) is 4.79 Å². The van der Waals surface area contributed by atoms with Gasteiger partial charge in [0.15, 0.2) is 0 Å². The molecule has 0 radical (unpaired) electrons. The van der Waals surface area contributed by atoms with Crippen molar-refractivity contribution in [2.24, 2.45) is 0 Å². The van der Waals surface area contributed by atoms with Crippen molar-refractivity contribution in [2.75, 3.05) is 0 Å². The van der Waals surface area contributed by atoms with E-state index in [0.29, 0.717) is 11.3 Å². The zero-order chi connectivity index (χ0) is 13.8. The zero-order valence-corrected chi connectivity index (χ0v) is 10.7. The minimum atomic E-state index is -0.368. The van der Waals surface area contributed by atoms with Crippen LogP contribution < -0.4 is 5.56 Å². The van der Waals surface area contributed by atoms with Crippen molar-refractivity contribution in [2.45, 2.75) is 19.9 Å². The van der Waals surface area contributed by atoms with Crippen LogP contribution in [0.4, 0.5) is 4.39 Å². The third-order valence-corrected chi connectivity index (χ3v) is 2.51. The lowest BCUT2D eigenvalue weighted by atomic mass is 10.2. The lowest BCUT2D eigenvalue weighted by Crippen LogP contribution is -2.24. The molecule has 0 unspecified atom stereocenters. The van der Waals surface area contributed by atoms with E-state index in [1.165, 1.54) is 22.9 Å². The molecule has 0 N–H and O–H groups in total. The Morgan fingerprint density at radius 1 is 1.16 bits per heavy atom. The van der Waals surface area contributed by atoms with Crippen LogP contribution in [0.1, 0.15) is 31.1 Å². The summed E-state index contributed by atoms with van der Waals surface area (Å²) in [5.41, 5.74) is 0.578. The quantitative estimate of drug-likeness (QED) is 0.734. The van der Waals surface area contributed by atoms with E-state index in [2.05, 4.69) is 16.9 Å². The molecule has 0 aliphatic rings. The Morgan fingerprint density at radius 3 is 2.58 bits per heavy atom. The predicted octanol–water partition coefficient (Wildman–Crippen LogP) is 2.36. The maximum atomic E-state index is 13.4. The molecule has 0 bridgehead atoms. The van der Waals surface area contributed by atoms with E-state index in [1.54, 1.807) is 18.2 Å². The molecule has 2 rings (SSSR count). The van der Waals surface area contributed by atoms with Crippen molar-refractivity contribution >= 4 is 0 Å². The number of aromatic nitrogens is 2. The molecule has 0 saturated carbocycles. The summed E-state index contributed by atoms with van der Waals surface area (Å²) in [6, 6.07) is 9.19. The van der Waals surface area contributed by atoms with Crippen LogP contribution >= 0.6 is 0 Å². The van der Waals surface area contributed by atoms with Crippen LogP contribution in [0.15, 0.2) is 41.2 Å². The fourth-order valence-corrected chi connectivity index (χ4v) is 1.56. The van der Waals surface area contributed by atoms with Gasteiger partial charge in [-0.25, -0.2) is 9.07 Å². The highest BCUT2D eigenvalue weighted by molar-refractivity contribution is 5.40. The summed E-state index contributed by atoms with van der Waals surface area (Å²) >= 11 is 0. The number of halogens is 1. The molecule has 0 aliphatic heterocycles. The molecule has 4 heteroatoms. The molecule has 0 amide bonds. The van der Waals surface area contributed by atoms with Gasteiger partial charge in [-0.2, -0.15) is 5.10 Å². The normalized spacial score (nSPS) is 10.1. The minimum Gasteiger partial charge on any atom is -0.268 e. The first-order valence-corrected chi connectivity index (χ1v) is 5.94. The largest absolute Gasteiger partial charge is 0.268 e. The fraction of sp³-hybridized carbons (Fsp3) is 0.200. The highest BCUT2D eigenvalue weighted by Crippen LogP contribution is 2.04. The SMILES string of the molecule is CC(C)n1nc(C#Cc2ccccc2F)ccc1=O. The molecule has 0 aliphatic carbocycles. The van der Waals surface area contributed by atoms with E-state index in [0.717, 1.165) is 0 Å². The van der Waals surface area contributed by atoms with Crippen LogP contribution in [0.25, 0.3) is 0 Å². The Balaban J connectivity index is 2.38. The maximum Gasteiger partial charge on any atom is 0.267 e. The molecule has 1 aromatic carbocycles. The molecule has 1 aromatic heterocycles. The van der Waals surface area contributed by atoms with Gasteiger partial charge in [-0.05, 0) is 38.0 Å². The van der Waals surface area contributed by atoms with Crippen molar-refractivity contribution in [3.63, 3.8) is 0 Å². The summed E-state index contributed by atoms with van der Waals surface area (Å²) < 4.78 is 14.7. The summed E-state index contributed by atoms with van der Waals surface area (Å²) in [5.74, 6) is 5.11. The monoisotopic (exact) mass is 256 g/mol. The van der Waals surface area contributed by atoms with Crippen molar-refractivity contribution < 1.29 is 4.39 Å². The third kappa shape index (κ3) is 3.08. The molecule has 3 nitrogen and oxygen atoms in total. The molecular formula is C15H13FN2O. The second kappa shape index (κ2) is 5.49. The lowest BCUT2D eigenvalue weighted by molar-refractivity contribution is 0.500.